The van der Waals surface area contributed by atoms with Crippen LogP contribution in [0.5, 0.6) is 0 Å². The Hall–Kier alpha value is -1.07. The molecule has 1 aliphatic heterocycles. The molecular formula is C13H16FNO2S. The molecule has 1 aliphatic rings. The van der Waals surface area contributed by atoms with Crippen molar-refractivity contribution in [1.29, 1.82) is 0 Å². The predicted octanol–water partition coefficient (Wildman–Crippen LogP) is 2.41. The van der Waals surface area contributed by atoms with Crippen molar-refractivity contribution in [3.8, 4) is 0 Å². The lowest BCUT2D eigenvalue weighted by Gasteiger charge is -2.10. The number of ether oxygens (including phenoxy) is 1. The first-order valence-electron chi connectivity index (χ1n) is 6.05. The van der Waals surface area contributed by atoms with E-state index in [1.54, 1.807) is 0 Å². The van der Waals surface area contributed by atoms with Gasteiger partial charge in [0.15, 0.2) is 0 Å². The molecule has 98 valence electrons. The monoisotopic (exact) mass is 269 g/mol. The molecule has 3 nitrogen and oxygen atoms in total. The van der Waals surface area contributed by atoms with Crippen LogP contribution >= 0.6 is 12.6 Å². The second-order valence-electron chi connectivity index (χ2n) is 4.35. The summed E-state index contributed by atoms with van der Waals surface area (Å²) in [6, 6.07) is 4.13. The van der Waals surface area contributed by atoms with Crippen LogP contribution in [0.2, 0.25) is 0 Å². The van der Waals surface area contributed by atoms with E-state index in [1.165, 1.54) is 18.2 Å². The summed E-state index contributed by atoms with van der Waals surface area (Å²) < 4.78 is 18.5. The third-order valence-corrected chi connectivity index (χ3v) is 3.33. The molecule has 5 heteroatoms. The smallest absolute Gasteiger partial charge is 0.251 e. The Kier molecular flexibility index (Phi) is 4.60. The van der Waals surface area contributed by atoms with Gasteiger partial charge >= 0.3 is 0 Å². The first-order chi connectivity index (χ1) is 8.66. The summed E-state index contributed by atoms with van der Waals surface area (Å²) in [4.78, 5) is 12.0. The van der Waals surface area contributed by atoms with Crippen LogP contribution in [0.15, 0.2) is 23.1 Å². The highest BCUT2D eigenvalue weighted by atomic mass is 32.1. The molecule has 0 saturated carbocycles. The highest BCUT2D eigenvalue weighted by Crippen LogP contribution is 2.15. The quantitative estimate of drug-likeness (QED) is 0.824. The standard InChI is InChI=1S/C13H16FNO2S/c14-11-4-3-9(8-12(11)18)13(16)15-6-5-10-2-1-7-17-10/h3-4,8,10,18H,1-2,5-7H2,(H,15,16). The average Bonchev–Trinajstić information content (AvgIpc) is 2.85. The summed E-state index contributed by atoms with van der Waals surface area (Å²) >= 11 is 3.95. The van der Waals surface area contributed by atoms with Gasteiger partial charge in [-0.1, -0.05) is 0 Å². The SMILES string of the molecule is O=C(NCCC1CCCO1)c1ccc(F)c(S)c1. The summed E-state index contributed by atoms with van der Waals surface area (Å²) in [7, 11) is 0. The molecule has 0 aromatic heterocycles. The van der Waals surface area contributed by atoms with Crippen LogP contribution in [0.3, 0.4) is 0 Å². The van der Waals surface area contributed by atoms with Crippen LogP contribution in [-0.2, 0) is 4.74 Å². The van der Waals surface area contributed by atoms with E-state index in [1.807, 2.05) is 0 Å². The first-order valence-corrected chi connectivity index (χ1v) is 6.50. The number of halogens is 1. The summed E-state index contributed by atoms with van der Waals surface area (Å²) in [5, 5.41) is 2.80. The molecule has 18 heavy (non-hydrogen) atoms. The zero-order valence-electron chi connectivity index (χ0n) is 9.99. The highest BCUT2D eigenvalue weighted by Gasteiger charge is 2.15. The lowest BCUT2D eigenvalue weighted by Crippen LogP contribution is -2.27. The summed E-state index contributed by atoms with van der Waals surface area (Å²) in [5.74, 6) is -0.627. The van der Waals surface area contributed by atoms with Gasteiger partial charge in [0.2, 0.25) is 0 Å². The predicted molar refractivity (Wildman–Crippen MR) is 69.6 cm³/mol. The Labute approximate surface area is 111 Å². The number of rotatable bonds is 4. The van der Waals surface area contributed by atoms with Crippen molar-refractivity contribution in [2.24, 2.45) is 0 Å². The van der Waals surface area contributed by atoms with E-state index in [2.05, 4.69) is 17.9 Å². The van der Waals surface area contributed by atoms with Crippen molar-refractivity contribution in [2.45, 2.75) is 30.3 Å². The van der Waals surface area contributed by atoms with Crippen LogP contribution in [0.25, 0.3) is 0 Å². The Balaban J connectivity index is 1.81. The maximum Gasteiger partial charge on any atom is 0.251 e. The van der Waals surface area contributed by atoms with E-state index in [0.29, 0.717) is 12.1 Å². The van der Waals surface area contributed by atoms with Gasteiger partial charge in [-0.2, -0.15) is 0 Å². The number of hydrogen-bond acceptors (Lipinski definition) is 3. The molecule has 2 rings (SSSR count). The summed E-state index contributed by atoms with van der Waals surface area (Å²) in [6.45, 7) is 1.39. The number of nitrogens with one attached hydrogen (secondary N) is 1. The molecule has 1 N–H and O–H groups in total. The maximum absolute atomic E-state index is 13.0. The fourth-order valence-corrected chi connectivity index (χ4v) is 2.19. The summed E-state index contributed by atoms with van der Waals surface area (Å²) in [6.07, 6.45) is 3.24. The number of benzene rings is 1. The first kappa shape index (κ1) is 13.4. The minimum Gasteiger partial charge on any atom is -0.378 e. The van der Waals surface area contributed by atoms with Crippen LogP contribution in [0.1, 0.15) is 29.6 Å². The Morgan fingerprint density at radius 1 is 1.56 bits per heavy atom. The maximum atomic E-state index is 13.0. The van der Waals surface area contributed by atoms with E-state index >= 15 is 0 Å². The number of thiol groups is 1. The Bertz CT molecular complexity index is 433. The highest BCUT2D eigenvalue weighted by molar-refractivity contribution is 7.80. The normalized spacial score (nSPS) is 18.9. The Morgan fingerprint density at radius 3 is 3.06 bits per heavy atom. The zero-order chi connectivity index (χ0) is 13.0. The van der Waals surface area contributed by atoms with E-state index in [4.69, 9.17) is 4.74 Å². The molecule has 1 fully saturated rings. The largest absolute Gasteiger partial charge is 0.378 e. The number of hydrogen-bond donors (Lipinski definition) is 2. The second-order valence-corrected chi connectivity index (χ2v) is 4.83. The van der Waals surface area contributed by atoms with Crippen LogP contribution < -0.4 is 5.32 Å². The molecule has 1 aromatic carbocycles. The van der Waals surface area contributed by atoms with Gasteiger partial charge in [-0.3, -0.25) is 4.79 Å². The fourth-order valence-electron chi connectivity index (χ4n) is 1.97. The van der Waals surface area contributed by atoms with Gasteiger partial charge in [0, 0.05) is 23.6 Å². The van der Waals surface area contributed by atoms with Crippen molar-refractivity contribution in [3.05, 3.63) is 29.6 Å². The number of amides is 1. The van der Waals surface area contributed by atoms with Gasteiger partial charge in [0.25, 0.3) is 5.91 Å². The van der Waals surface area contributed by atoms with Crippen molar-refractivity contribution in [1.82, 2.24) is 5.32 Å². The van der Waals surface area contributed by atoms with Gasteiger partial charge in [-0.25, -0.2) is 4.39 Å². The van der Waals surface area contributed by atoms with Crippen LogP contribution in [0.4, 0.5) is 4.39 Å². The van der Waals surface area contributed by atoms with Crippen LogP contribution in [-0.4, -0.2) is 25.2 Å². The number of carbonyl (C=O) groups is 1. The van der Waals surface area contributed by atoms with Gasteiger partial charge in [-0.15, -0.1) is 12.6 Å². The van der Waals surface area contributed by atoms with E-state index in [0.717, 1.165) is 25.9 Å². The fraction of sp³-hybridized carbons (Fsp3) is 0.462. The Morgan fingerprint density at radius 2 is 2.39 bits per heavy atom. The molecule has 1 unspecified atom stereocenters. The molecule has 1 atom stereocenters. The second kappa shape index (κ2) is 6.20. The van der Waals surface area contributed by atoms with Crippen molar-refractivity contribution < 1.29 is 13.9 Å². The van der Waals surface area contributed by atoms with E-state index < -0.39 is 5.82 Å². The molecule has 1 saturated heterocycles. The molecular weight excluding hydrogens is 253 g/mol. The van der Waals surface area contributed by atoms with Gasteiger partial charge in [0.05, 0.1) is 6.10 Å². The van der Waals surface area contributed by atoms with Crippen LogP contribution in [0, 0.1) is 5.82 Å². The number of carbonyl (C=O) groups excluding carboxylic acids is 1. The lowest BCUT2D eigenvalue weighted by molar-refractivity contribution is 0.0907. The van der Waals surface area contributed by atoms with E-state index in [-0.39, 0.29) is 16.9 Å². The third-order valence-electron chi connectivity index (χ3n) is 2.98. The van der Waals surface area contributed by atoms with Gasteiger partial charge in [0.1, 0.15) is 5.82 Å². The molecule has 0 radical (unpaired) electrons. The zero-order valence-corrected chi connectivity index (χ0v) is 10.9. The molecule has 0 aliphatic carbocycles. The van der Waals surface area contributed by atoms with Crippen molar-refractivity contribution in [3.63, 3.8) is 0 Å². The van der Waals surface area contributed by atoms with Crippen molar-refractivity contribution in [2.75, 3.05) is 13.2 Å². The average molecular weight is 269 g/mol. The topological polar surface area (TPSA) is 38.3 Å². The minimum atomic E-state index is -0.422. The van der Waals surface area contributed by atoms with Gasteiger partial charge < -0.3 is 10.1 Å². The molecule has 0 bridgehead atoms. The van der Waals surface area contributed by atoms with Crippen molar-refractivity contribution >= 4 is 18.5 Å². The van der Waals surface area contributed by atoms with E-state index in [9.17, 15) is 9.18 Å². The molecule has 1 amide bonds. The lowest BCUT2D eigenvalue weighted by atomic mass is 10.1. The minimum absolute atomic E-state index is 0.182. The van der Waals surface area contributed by atoms with Gasteiger partial charge in [-0.05, 0) is 37.5 Å². The molecule has 1 heterocycles. The molecule has 1 aromatic rings. The molecule has 0 spiro atoms. The summed E-state index contributed by atoms with van der Waals surface area (Å²) in [5.41, 5.74) is 0.425. The third kappa shape index (κ3) is 3.46.